The smallest absolute Gasteiger partial charge is 0.359 e. The van der Waals surface area contributed by atoms with Crippen LogP contribution in [0.2, 0.25) is 0 Å². The lowest BCUT2D eigenvalue weighted by atomic mass is 9.93. The Labute approximate surface area is 157 Å². The van der Waals surface area contributed by atoms with Crippen molar-refractivity contribution in [2.45, 2.75) is 60.7 Å². The van der Waals surface area contributed by atoms with Crippen LogP contribution >= 0.6 is 0 Å². The van der Waals surface area contributed by atoms with Gasteiger partial charge in [-0.2, -0.15) is 70.2 Å². The zero-order chi connectivity index (χ0) is 25.6. The van der Waals surface area contributed by atoms with Crippen molar-refractivity contribution in [2.75, 3.05) is 6.61 Å². The van der Waals surface area contributed by atoms with Gasteiger partial charge in [0.15, 0.2) is 6.10 Å². The van der Waals surface area contributed by atoms with E-state index in [-0.39, 0.29) is 0 Å². The minimum atomic E-state index is -8.30. The molecule has 2 atom stereocenters. The second kappa shape index (κ2) is 8.20. The van der Waals surface area contributed by atoms with Gasteiger partial charge in [0.05, 0.1) is 0 Å². The molecule has 0 N–H and O–H groups in total. The van der Waals surface area contributed by atoms with Gasteiger partial charge in [-0.25, -0.2) is 13.2 Å². The molecule has 0 heterocycles. The molecule has 0 aliphatic heterocycles. The molecular weight excluding hydrogens is 509 g/mol. The van der Waals surface area contributed by atoms with Gasteiger partial charge in [-0.1, -0.05) is 0 Å². The molecule has 0 radical (unpaired) electrons. The predicted molar refractivity (Wildman–Crippen MR) is 57.5 cm³/mol. The van der Waals surface area contributed by atoms with Crippen molar-refractivity contribution >= 4 is 0 Å². The van der Waals surface area contributed by atoms with Crippen LogP contribution < -0.4 is 0 Å². The molecule has 0 aliphatic carbocycles. The summed E-state index contributed by atoms with van der Waals surface area (Å²) in [6.07, 6.45) is -30.9. The Hall–Kier alpha value is -1.37. The number of alkyl halides is 19. The molecule has 0 aromatic carbocycles. The third-order valence-electron chi connectivity index (χ3n) is 3.27. The van der Waals surface area contributed by atoms with Gasteiger partial charge in [0, 0.05) is 0 Å². The quantitative estimate of drug-likeness (QED) is 0.330. The van der Waals surface area contributed by atoms with Crippen LogP contribution in [0, 0.1) is 0 Å². The Bertz CT molecular complexity index is 601. The number of hydrogen-bond acceptors (Lipinski definition) is 1. The molecule has 0 aromatic rings. The molecule has 0 saturated carbocycles. The van der Waals surface area contributed by atoms with E-state index in [2.05, 4.69) is 4.74 Å². The Balaban J connectivity index is 6.28. The fourth-order valence-electron chi connectivity index (χ4n) is 1.56. The van der Waals surface area contributed by atoms with Crippen molar-refractivity contribution in [1.29, 1.82) is 0 Å². The topological polar surface area (TPSA) is 9.23 Å². The van der Waals surface area contributed by atoms with Crippen LogP contribution in [0.4, 0.5) is 83.4 Å². The summed E-state index contributed by atoms with van der Waals surface area (Å²) in [6, 6.07) is 0. The van der Waals surface area contributed by atoms with Gasteiger partial charge in [0.2, 0.25) is 6.17 Å². The van der Waals surface area contributed by atoms with Crippen LogP contribution in [0.15, 0.2) is 0 Å². The van der Waals surface area contributed by atoms with Gasteiger partial charge in [0.1, 0.15) is 6.61 Å². The maximum atomic E-state index is 13.5. The molecule has 0 aromatic heterocycles. The minimum Gasteiger partial charge on any atom is -0.359 e. The van der Waals surface area contributed by atoms with Crippen molar-refractivity contribution in [1.82, 2.24) is 0 Å². The van der Waals surface area contributed by atoms with E-state index in [1.807, 2.05) is 0 Å². The molecule has 31 heavy (non-hydrogen) atoms. The highest BCUT2D eigenvalue weighted by Gasteiger charge is 2.89. The molecule has 0 aliphatic rings. The molecule has 188 valence electrons. The van der Waals surface area contributed by atoms with Gasteiger partial charge >= 0.3 is 48.4 Å². The highest BCUT2D eigenvalue weighted by molar-refractivity contribution is 5.09. The molecule has 0 fully saturated rings. The zero-order valence-electron chi connectivity index (χ0n) is 13.5. The maximum Gasteiger partial charge on any atom is 0.460 e. The summed E-state index contributed by atoms with van der Waals surface area (Å²) >= 11 is 0. The first-order valence-electron chi connectivity index (χ1n) is 6.76. The van der Waals surface area contributed by atoms with Crippen LogP contribution in [0.25, 0.3) is 0 Å². The highest BCUT2D eigenvalue weighted by Crippen LogP contribution is 2.59. The zero-order valence-corrected chi connectivity index (χ0v) is 13.5. The molecule has 1 nitrogen and oxygen atoms in total. The fourth-order valence-corrected chi connectivity index (χ4v) is 1.56. The monoisotopic (exact) mass is 514 g/mol. The first-order chi connectivity index (χ1) is 13.2. The van der Waals surface area contributed by atoms with Gasteiger partial charge < -0.3 is 4.74 Å². The van der Waals surface area contributed by atoms with Crippen molar-refractivity contribution in [3.05, 3.63) is 0 Å². The first-order valence-corrected chi connectivity index (χ1v) is 6.76. The lowest BCUT2D eigenvalue weighted by Gasteiger charge is -2.39. The number of ether oxygens (including phenoxy) is 1. The summed E-state index contributed by atoms with van der Waals surface area (Å²) in [6.45, 7) is -3.33. The number of halogens is 19. The molecule has 2 unspecified atom stereocenters. The van der Waals surface area contributed by atoms with Crippen LogP contribution in [0.1, 0.15) is 0 Å². The second-order valence-corrected chi connectivity index (χ2v) is 5.58. The van der Waals surface area contributed by atoms with E-state index < -0.39 is 67.3 Å². The van der Waals surface area contributed by atoms with Gasteiger partial charge in [-0.15, -0.1) is 0 Å². The largest absolute Gasteiger partial charge is 0.460 e. The predicted octanol–water partition coefficient (Wildman–Crippen LogP) is 6.28. The average Bonchev–Trinajstić information content (AvgIpc) is 2.51. The third-order valence-corrected chi connectivity index (χ3v) is 3.27. The van der Waals surface area contributed by atoms with Crippen LogP contribution in [-0.2, 0) is 4.74 Å². The molecule has 0 spiro atoms. The molecule has 20 heteroatoms. The van der Waals surface area contributed by atoms with E-state index in [0.717, 1.165) is 0 Å². The third kappa shape index (κ3) is 5.18. The van der Waals surface area contributed by atoms with Crippen molar-refractivity contribution < 1.29 is 88.2 Å². The molecular formula is C11H5F19O. The first kappa shape index (κ1) is 29.6. The van der Waals surface area contributed by atoms with Gasteiger partial charge in [-0.05, 0) is 0 Å². The number of hydrogen-bond donors (Lipinski definition) is 0. The second-order valence-electron chi connectivity index (χ2n) is 5.58. The Morgan fingerprint density at radius 3 is 1.23 bits per heavy atom. The van der Waals surface area contributed by atoms with E-state index in [9.17, 15) is 83.4 Å². The minimum absolute atomic E-state index is 2.64. The van der Waals surface area contributed by atoms with Crippen LogP contribution in [0.5, 0.6) is 0 Å². The van der Waals surface area contributed by atoms with Gasteiger partial charge in [0.25, 0.3) is 0 Å². The normalized spacial score (nSPS) is 17.8. The van der Waals surface area contributed by atoms with Crippen molar-refractivity contribution in [2.24, 2.45) is 0 Å². The summed E-state index contributed by atoms with van der Waals surface area (Å²) in [7, 11) is 0. The molecule has 0 amide bonds. The summed E-state index contributed by atoms with van der Waals surface area (Å²) in [4.78, 5) is 0. The SMILES string of the molecule is FC(F)C(F)(F)COC(C(F)C(F)(F)C(F)(F)C(F)(F)C(F)(F)C(F)(F)F)C(F)(F)F. The fraction of sp³-hybridized carbons (Fsp3) is 1.00. The number of rotatable bonds is 9. The van der Waals surface area contributed by atoms with E-state index in [4.69, 9.17) is 0 Å². The Morgan fingerprint density at radius 1 is 0.548 bits per heavy atom. The van der Waals surface area contributed by atoms with E-state index in [0.29, 0.717) is 0 Å². The summed E-state index contributed by atoms with van der Waals surface area (Å²) in [5.41, 5.74) is 0. The van der Waals surface area contributed by atoms with Crippen LogP contribution in [-0.4, -0.2) is 67.3 Å². The highest BCUT2D eigenvalue weighted by atomic mass is 19.4. The lowest BCUT2D eigenvalue weighted by Crippen LogP contribution is -2.70. The summed E-state index contributed by atoms with van der Waals surface area (Å²) in [5, 5.41) is 0. The van der Waals surface area contributed by atoms with Crippen molar-refractivity contribution in [3.8, 4) is 0 Å². The van der Waals surface area contributed by atoms with E-state index in [1.165, 1.54) is 0 Å². The Morgan fingerprint density at radius 2 is 0.935 bits per heavy atom. The average molecular weight is 514 g/mol. The summed E-state index contributed by atoms with van der Waals surface area (Å²) < 4.78 is 242. The standard InChI is InChI=1S/C11H5F19O/c12-2(3(7(19,20)21)31-1-5(15,16)4(13)14)6(17,18)8(22,23)9(24,25)10(26,27)11(28,29)30/h2-4H,1H2. The van der Waals surface area contributed by atoms with Crippen molar-refractivity contribution in [3.63, 3.8) is 0 Å². The lowest BCUT2D eigenvalue weighted by molar-refractivity contribution is -0.431. The van der Waals surface area contributed by atoms with E-state index >= 15 is 0 Å². The van der Waals surface area contributed by atoms with Gasteiger partial charge in [-0.3, -0.25) is 0 Å². The van der Waals surface area contributed by atoms with Crippen LogP contribution in [0.3, 0.4) is 0 Å². The van der Waals surface area contributed by atoms with E-state index in [1.54, 1.807) is 0 Å². The molecule has 0 bridgehead atoms. The molecule has 0 rings (SSSR count). The maximum absolute atomic E-state index is 13.5. The Kier molecular flexibility index (Phi) is 7.84. The summed E-state index contributed by atoms with van der Waals surface area (Å²) in [5.74, 6) is -38.1. The molecule has 0 saturated heterocycles.